The third kappa shape index (κ3) is 13.3. The second-order valence-corrected chi connectivity index (χ2v) is 18.0. The first kappa shape index (κ1) is 49.2. The molecule has 1 saturated carbocycles. The number of allylic oxidation sites excluding steroid dienone is 2. The molecule has 5 heteroatoms. The zero-order valence-electron chi connectivity index (χ0n) is 38.6. The minimum Gasteiger partial charge on any atom is -0.512 e. The molecule has 2 aromatic heterocycles. The molecule has 0 unspecified atom stereocenters. The maximum absolute atomic E-state index is 11.7. The van der Waals surface area contributed by atoms with Gasteiger partial charge in [-0.15, -0.1) is 69.8 Å². The molecule has 61 heavy (non-hydrogen) atoms. The number of aromatic nitrogens is 2. The molecule has 2 heterocycles. The Morgan fingerprint density at radius 2 is 1.15 bits per heavy atom. The quantitative estimate of drug-likeness (QED) is 0.0844. The summed E-state index contributed by atoms with van der Waals surface area (Å²) in [6.45, 7) is 23.4. The number of hydrogen-bond donors (Lipinski definition) is 1. The van der Waals surface area contributed by atoms with Crippen LogP contribution in [0.15, 0.2) is 97.0 Å². The Hall–Kier alpha value is -4.44. The molecule has 0 aliphatic heterocycles. The molecule has 0 bridgehead atoms. The summed E-state index contributed by atoms with van der Waals surface area (Å²) >= 11 is 0. The predicted octanol–water partition coefficient (Wildman–Crippen LogP) is 15.5. The first-order valence-corrected chi connectivity index (χ1v) is 22.3. The zero-order valence-corrected chi connectivity index (χ0v) is 41.0. The van der Waals surface area contributed by atoms with Gasteiger partial charge in [0.25, 0.3) is 0 Å². The van der Waals surface area contributed by atoms with Crippen molar-refractivity contribution in [1.29, 1.82) is 0 Å². The molecule has 0 atom stereocenters. The van der Waals surface area contributed by atoms with Crippen molar-refractivity contribution in [2.45, 2.75) is 133 Å². The molecule has 7 rings (SSSR count). The molecule has 4 aromatic carbocycles. The van der Waals surface area contributed by atoms with Gasteiger partial charge in [-0.3, -0.25) is 4.79 Å². The summed E-state index contributed by atoms with van der Waals surface area (Å²) in [5, 5.41) is 14.7. The van der Waals surface area contributed by atoms with E-state index in [1.54, 1.807) is 0 Å². The summed E-state index contributed by atoms with van der Waals surface area (Å²) in [6, 6.07) is 33.2. The molecule has 0 amide bonds. The van der Waals surface area contributed by atoms with Crippen molar-refractivity contribution >= 4 is 27.3 Å². The molecule has 6 aromatic rings. The van der Waals surface area contributed by atoms with Crippen LogP contribution in [0, 0.1) is 64.0 Å². The number of fused-ring (bicyclic) bond motifs is 2. The number of aryl methyl sites for hydroxylation is 5. The van der Waals surface area contributed by atoms with Crippen LogP contribution in [0.2, 0.25) is 0 Å². The van der Waals surface area contributed by atoms with E-state index < -0.39 is 0 Å². The predicted molar refractivity (Wildman–Crippen MR) is 255 cm³/mol. The van der Waals surface area contributed by atoms with E-state index in [1.165, 1.54) is 81.1 Å². The molecule has 1 fully saturated rings. The molecule has 1 aliphatic rings. The number of ketones is 1. The second-order valence-electron chi connectivity index (χ2n) is 18.0. The number of benzene rings is 4. The second kappa shape index (κ2) is 22.6. The van der Waals surface area contributed by atoms with Crippen LogP contribution < -0.4 is 0 Å². The van der Waals surface area contributed by atoms with Crippen LogP contribution in [0.3, 0.4) is 0 Å². The van der Waals surface area contributed by atoms with E-state index in [2.05, 4.69) is 143 Å². The molecule has 0 saturated heterocycles. The van der Waals surface area contributed by atoms with Gasteiger partial charge in [-0.2, -0.15) is 0 Å². The van der Waals surface area contributed by atoms with E-state index in [1.807, 2.05) is 40.1 Å². The van der Waals surface area contributed by atoms with Crippen LogP contribution in [0.25, 0.3) is 44.1 Å². The van der Waals surface area contributed by atoms with E-state index in [0.29, 0.717) is 11.3 Å². The Kier molecular flexibility index (Phi) is 18.2. The van der Waals surface area contributed by atoms with Crippen molar-refractivity contribution in [3.05, 3.63) is 143 Å². The molecular weight excluding hydrogens is 925 g/mol. The van der Waals surface area contributed by atoms with E-state index in [0.717, 1.165) is 53.8 Å². The van der Waals surface area contributed by atoms with Crippen LogP contribution in [0.5, 0.6) is 0 Å². The van der Waals surface area contributed by atoms with Gasteiger partial charge in [0, 0.05) is 50.4 Å². The van der Waals surface area contributed by atoms with E-state index in [4.69, 9.17) is 0 Å². The normalized spacial score (nSPS) is 14.0. The van der Waals surface area contributed by atoms with Crippen LogP contribution in [0.1, 0.15) is 132 Å². The number of pyridine rings is 2. The molecule has 1 aliphatic carbocycles. The van der Waals surface area contributed by atoms with Gasteiger partial charge in [0.15, 0.2) is 5.78 Å². The Bertz CT molecular complexity index is 2370. The Morgan fingerprint density at radius 3 is 1.62 bits per heavy atom. The third-order valence-electron chi connectivity index (χ3n) is 12.4. The standard InChI is InChI=1S/C25H28N.C18H16N.C13H24O2.Ir/c1-17-13-18(2)15-22(14-17)24-23-6-5-20(16-21(23)9-12-26-24)19-7-10-25(3,4)11-8-19;1-12-4-5-17-15(9-12)6-7-19-18(17)16-10-13(2)8-14(3)11-16;1-5-10(6-2)12(14)9-13(15)11(7-3)8-4;/h5-6,9,12-14,16,19H,7-8,10-11H2,1-4H3;4-10H,1-3H3;9-11,14H,5-8H2,1-4H3;/q2*-1;;/b;;12-9-;. The van der Waals surface area contributed by atoms with Crippen molar-refractivity contribution in [3.63, 3.8) is 0 Å². The average Bonchev–Trinajstić information content (AvgIpc) is 3.20. The topological polar surface area (TPSA) is 63.1 Å². The summed E-state index contributed by atoms with van der Waals surface area (Å²) < 4.78 is 0. The number of nitrogens with zero attached hydrogens (tertiary/aromatic N) is 2. The monoisotopic (exact) mass is 993 g/mol. The van der Waals surface area contributed by atoms with Crippen LogP contribution >= 0.6 is 0 Å². The summed E-state index contributed by atoms with van der Waals surface area (Å²) in [5.41, 5.74) is 12.4. The maximum Gasteiger partial charge on any atom is 0.162 e. The summed E-state index contributed by atoms with van der Waals surface area (Å²) in [7, 11) is 0. The molecule has 1 radical (unpaired) electrons. The SMILES string of the molecule is CCC(CC)C(=O)/C=C(\O)C(CC)CC.Cc1[c-]c(-c2nccc3cc(C)ccc23)cc(C)c1.Cc1[c-]c(-c2nccc3cc(C4CCC(C)(C)CC4)ccc23)cc(C)c1.[Ir]. The minimum absolute atomic E-state index is 0. The van der Waals surface area contributed by atoms with Crippen LogP contribution in [-0.2, 0) is 24.9 Å². The smallest absolute Gasteiger partial charge is 0.162 e. The Labute approximate surface area is 381 Å². The fraction of sp³-hybridized carbons (Fsp3) is 0.411. The summed E-state index contributed by atoms with van der Waals surface area (Å²) in [4.78, 5) is 21.0. The molecule has 0 spiro atoms. The average molecular weight is 993 g/mol. The van der Waals surface area contributed by atoms with Gasteiger partial charge in [-0.1, -0.05) is 111 Å². The van der Waals surface area contributed by atoms with E-state index in [9.17, 15) is 9.90 Å². The van der Waals surface area contributed by atoms with Crippen molar-refractivity contribution in [2.24, 2.45) is 17.3 Å². The van der Waals surface area contributed by atoms with Crippen LogP contribution in [-0.4, -0.2) is 20.9 Å². The van der Waals surface area contributed by atoms with E-state index >= 15 is 0 Å². The summed E-state index contributed by atoms with van der Waals surface area (Å²) in [6.07, 6.45) is 14.0. The third-order valence-corrected chi connectivity index (χ3v) is 12.4. The van der Waals surface area contributed by atoms with Gasteiger partial charge < -0.3 is 15.1 Å². The largest absolute Gasteiger partial charge is 0.512 e. The van der Waals surface area contributed by atoms with Crippen molar-refractivity contribution < 1.29 is 30.0 Å². The number of carbonyl (C=O) groups is 1. The number of hydrogen-bond acceptors (Lipinski definition) is 4. The van der Waals surface area contributed by atoms with Gasteiger partial charge in [-0.05, 0) is 120 Å². The van der Waals surface area contributed by atoms with Gasteiger partial charge in [-0.25, -0.2) is 0 Å². The van der Waals surface area contributed by atoms with Crippen molar-refractivity contribution in [1.82, 2.24) is 9.97 Å². The van der Waals surface area contributed by atoms with Crippen LogP contribution in [0.4, 0.5) is 0 Å². The fourth-order valence-electron chi connectivity index (χ4n) is 8.73. The maximum atomic E-state index is 11.7. The Balaban J connectivity index is 0.000000209. The summed E-state index contributed by atoms with van der Waals surface area (Å²) in [5.74, 6) is 1.25. The van der Waals surface area contributed by atoms with E-state index in [-0.39, 0.29) is 43.5 Å². The van der Waals surface area contributed by atoms with Gasteiger partial charge >= 0.3 is 0 Å². The number of aliphatic hydroxyl groups is 1. The number of aliphatic hydroxyl groups excluding tert-OH is 1. The van der Waals surface area contributed by atoms with Crippen molar-refractivity contribution in [3.8, 4) is 22.5 Å². The number of rotatable bonds is 10. The van der Waals surface area contributed by atoms with Gasteiger partial charge in [0.1, 0.15) is 0 Å². The molecule has 1 N–H and O–H groups in total. The zero-order chi connectivity index (χ0) is 43.6. The minimum atomic E-state index is 0. The van der Waals surface area contributed by atoms with Gasteiger partial charge in [0.2, 0.25) is 0 Å². The first-order valence-electron chi connectivity index (χ1n) is 22.3. The first-order chi connectivity index (χ1) is 28.6. The van der Waals surface area contributed by atoms with Crippen molar-refractivity contribution in [2.75, 3.05) is 0 Å². The molecular formula is C56H68IrN2O2-2. The van der Waals surface area contributed by atoms with Gasteiger partial charge in [0.05, 0.1) is 5.76 Å². The fourth-order valence-corrected chi connectivity index (χ4v) is 8.73. The molecule has 4 nitrogen and oxygen atoms in total. The molecule has 325 valence electrons. The number of carbonyl (C=O) groups excluding carboxylic acids is 1. The Morgan fingerprint density at radius 1 is 0.672 bits per heavy atom.